The average Bonchev–Trinajstić information content (AvgIpc) is 3.03. The van der Waals surface area contributed by atoms with Gasteiger partial charge in [0, 0.05) is 18.6 Å². The van der Waals surface area contributed by atoms with Crippen LogP contribution in [0.2, 0.25) is 5.02 Å². The lowest BCUT2D eigenvalue weighted by atomic mass is 10.2. The van der Waals surface area contributed by atoms with Crippen molar-refractivity contribution >= 4 is 22.8 Å². The Hall–Kier alpha value is -2.38. The Morgan fingerprint density at radius 3 is 2.54 bits per heavy atom. The van der Waals surface area contributed by atoms with Crippen LogP contribution in [-0.2, 0) is 20.1 Å². The minimum Gasteiger partial charge on any atom is -0.317 e. The van der Waals surface area contributed by atoms with E-state index in [-0.39, 0.29) is 0 Å². The van der Waals surface area contributed by atoms with E-state index in [0.717, 1.165) is 37.3 Å². The summed E-state index contributed by atoms with van der Waals surface area (Å²) in [5.41, 5.74) is 0.957. The highest BCUT2D eigenvalue weighted by atomic mass is 35.5. The highest BCUT2D eigenvalue weighted by Gasteiger charge is 2.19. The summed E-state index contributed by atoms with van der Waals surface area (Å²) in [7, 11) is 1.62. The van der Waals surface area contributed by atoms with Gasteiger partial charge in [-0.3, -0.25) is 19.2 Å². The predicted molar refractivity (Wildman–Crippen MR) is 112 cm³/mol. The Bertz CT molecular complexity index is 1070. The second kappa shape index (κ2) is 8.75. The maximum absolute atomic E-state index is 12.6. The second-order valence-electron chi connectivity index (χ2n) is 6.95. The number of aromatic nitrogens is 4. The largest absolute Gasteiger partial charge is 0.329 e. The molecule has 0 spiro atoms. The Balaban J connectivity index is 2.11. The third-order valence-electron chi connectivity index (χ3n) is 4.98. The number of benzene rings is 1. The molecular formula is C20H26ClN5O2. The lowest BCUT2D eigenvalue weighted by Crippen LogP contribution is -2.29. The van der Waals surface area contributed by atoms with E-state index in [1.54, 1.807) is 7.05 Å². The molecule has 1 N–H and O–H groups in total. The summed E-state index contributed by atoms with van der Waals surface area (Å²) in [6.45, 7) is 7.23. The minimum absolute atomic E-state index is 0.407. The van der Waals surface area contributed by atoms with Gasteiger partial charge in [0.2, 0.25) is 0 Å². The molecule has 0 atom stereocenters. The maximum Gasteiger partial charge on any atom is 0.329 e. The van der Waals surface area contributed by atoms with Gasteiger partial charge in [-0.2, -0.15) is 0 Å². The van der Waals surface area contributed by atoms with Crippen LogP contribution in [-0.4, -0.2) is 37.1 Å². The van der Waals surface area contributed by atoms with Crippen LogP contribution >= 0.6 is 11.6 Å². The summed E-state index contributed by atoms with van der Waals surface area (Å²) < 4.78 is 3.30. The molecule has 0 saturated carbocycles. The van der Waals surface area contributed by atoms with Crippen LogP contribution in [0, 0.1) is 0 Å². The van der Waals surface area contributed by atoms with Crippen molar-refractivity contribution in [3.05, 3.63) is 61.5 Å². The van der Waals surface area contributed by atoms with Gasteiger partial charge in [-0.1, -0.05) is 44.0 Å². The lowest BCUT2D eigenvalue weighted by Gasteiger charge is -2.20. The number of nitrogens with zero attached hydrogens (tertiary/aromatic N) is 4. The van der Waals surface area contributed by atoms with Crippen LogP contribution in [0.25, 0.3) is 11.2 Å². The molecule has 0 fully saturated rings. The summed E-state index contributed by atoms with van der Waals surface area (Å²) in [6, 6.07) is 7.52. The highest BCUT2D eigenvalue weighted by Crippen LogP contribution is 2.17. The van der Waals surface area contributed by atoms with Crippen molar-refractivity contribution in [3.63, 3.8) is 0 Å². The van der Waals surface area contributed by atoms with Crippen molar-refractivity contribution in [1.29, 1.82) is 0 Å². The van der Waals surface area contributed by atoms with Crippen molar-refractivity contribution in [2.45, 2.75) is 39.8 Å². The number of aryl methyl sites for hydroxylation is 1. The molecule has 0 amide bonds. The fourth-order valence-corrected chi connectivity index (χ4v) is 3.40. The molecule has 0 radical (unpaired) electrons. The number of rotatable bonds is 8. The van der Waals surface area contributed by atoms with E-state index in [1.807, 2.05) is 28.8 Å². The zero-order valence-corrected chi connectivity index (χ0v) is 17.3. The van der Waals surface area contributed by atoms with Crippen LogP contribution in [0.15, 0.2) is 33.9 Å². The van der Waals surface area contributed by atoms with Crippen LogP contribution in [0.3, 0.4) is 0 Å². The van der Waals surface area contributed by atoms with E-state index in [9.17, 15) is 9.59 Å². The van der Waals surface area contributed by atoms with E-state index < -0.39 is 11.2 Å². The van der Waals surface area contributed by atoms with Gasteiger partial charge in [-0.25, -0.2) is 9.78 Å². The van der Waals surface area contributed by atoms with Gasteiger partial charge in [-0.05, 0) is 37.2 Å². The second-order valence-corrected chi connectivity index (χ2v) is 7.39. The minimum atomic E-state index is -0.460. The highest BCUT2D eigenvalue weighted by molar-refractivity contribution is 6.30. The molecule has 7 nitrogen and oxygen atoms in total. The molecule has 0 saturated heterocycles. The van der Waals surface area contributed by atoms with Gasteiger partial charge < -0.3 is 4.57 Å². The first kappa shape index (κ1) is 20.4. The van der Waals surface area contributed by atoms with Gasteiger partial charge in [-0.15, -0.1) is 0 Å². The number of H-pyrrole nitrogens is 1. The van der Waals surface area contributed by atoms with Crippen molar-refractivity contribution in [3.8, 4) is 0 Å². The van der Waals surface area contributed by atoms with Gasteiger partial charge in [0.15, 0.2) is 11.2 Å². The summed E-state index contributed by atoms with van der Waals surface area (Å²) in [4.78, 5) is 34.0. The van der Waals surface area contributed by atoms with E-state index in [2.05, 4.69) is 28.7 Å². The first-order chi connectivity index (χ1) is 13.4. The zero-order chi connectivity index (χ0) is 20.3. The number of fused-ring (bicyclic) bond motifs is 1. The molecule has 8 heteroatoms. The fraction of sp³-hybridized carbons (Fsp3) is 0.450. The number of hydrogen-bond donors (Lipinski definition) is 1. The van der Waals surface area contributed by atoms with E-state index >= 15 is 0 Å². The van der Waals surface area contributed by atoms with Crippen molar-refractivity contribution in [2.75, 3.05) is 13.1 Å². The monoisotopic (exact) mass is 403 g/mol. The van der Waals surface area contributed by atoms with E-state index in [1.165, 1.54) is 4.57 Å². The summed E-state index contributed by atoms with van der Waals surface area (Å²) in [5.74, 6) is 0.773. The predicted octanol–water partition coefficient (Wildman–Crippen LogP) is 2.75. The first-order valence-corrected chi connectivity index (χ1v) is 9.97. The fourth-order valence-electron chi connectivity index (χ4n) is 3.27. The molecule has 150 valence electrons. The zero-order valence-electron chi connectivity index (χ0n) is 16.5. The molecule has 0 aliphatic heterocycles. The van der Waals surface area contributed by atoms with Crippen LogP contribution < -0.4 is 11.2 Å². The standard InChI is InChI=1S/C20H26ClN5O2/c1-4-6-11-25(5-2)13-16-22-18-17(19(27)23-20(28)24(18)3)26(16)12-14-7-9-15(21)10-8-14/h7-10H,4-6,11-13H2,1-3H3,(H,23,27,28). The third-order valence-corrected chi connectivity index (χ3v) is 5.23. The first-order valence-electron chi connectivity index (χ1n) is 9.59. The molecule has 28 heavy (non-hydrogen) atoms. The van der Waals surface area contributed by atoms with Gasteiger partial charge in [0.1, 0.15) is 5.82 Å². The molecule has 0 unspecified atom stereocenters. The SMILES string of the molecule is CCCCN(CC)Cc1nc2c(c(=O)[nH]c(=O)n2C)n1Cc1ccc(Cl)cc1. The van der Waals surface area contributed by atoms with Crippen molar-refractivity contribution < 1.29 is 0 Å². The number of aromatic amines is 1. The molecule has 0 aliphatic rings. The lowest BCUT2D eigenvalue weighted by molar-refractivity contribution is 0.265. The molecule has 3 rings (SSSR count). The Labute approximate surface area is 168 Å². The summed E-state index contributed by atoms with van der Waals surface area (Å²) >= 11 is 6.00. The van der Waals surface area contributed by atoms with Crippen molar-refractivity contribution in [2.24, 2.45) is 7.05 Å². The molecule has 0 aliphatic carbocycles. The number of hydrogen-bond acceptors (Lipinski definition) is 4. The van der Waals surface area contributed by atoms with Gasteiger partial charge in [0.05, 0.1) is 6.54 Å². The number of imidazole rings is 1. The Morgan fingerprint density at radius 2 is 1.89 bits per heavy atom. The molecule has 3 aromatic rings. The summed E-state index contributed by atoms with van der Waals surface area (Å²) in [6.07, 6.45) is 2.22. The van der Waals surface area contributed by atoms with Gasteiger partial charge >= 0.3 is 5.69 Å². The smallest absolute Gasteiger partial charge is 0.317 e. The summed E-state index contributed by atoms with van der Waals surface area (Å²) in [5, 5.41) is 0.663. The number of unbranched alkanes of at least 4 members (excludes halogenated alkanes) is 1. The molecule has 2 aromatic heterocycles. The normalized spacial score (nSPS) is 11.6. The number of nitrogens with one attached hydrogen (secondary N) is 1. The third kappa shape index (κ3) is 4.20. The molecule has 1 aromatic carbocycles. The van der Waals surface area contributed by atoms with Gasteiger partial charge in [0.25, 0.3) is 5.56 Å². The maximum atomic E-state index is 12.6. The Kier molecular flexibility index (Phi) is 6.36. The van der Waals surface area contributed by atoms with E-state index in [4.69, 9.17) is 11.6 Å². The molecule has 2 heterocycles. The molecule has 0 bridgehead atoms. The van der Waals surface area contributed by atoms with Crippen LogP contribution in [0.5, 0.6) is 0 Å². The van der Waals surface area contributed by atoms with Crippen LogP contribution in [0.4, 0.5) is 0 Å². The average molecular weight is 404 g/mol. The molecular weight excluding hydrogens is 378 g/mol. The number of halogens is 1. The van der Waals surface area contributed by atoms with Crippen molar-refractivity contribution in [1.82, 2.24) is 24.0 Å². The Morgan fingerprint density at radius 1 is 1.18 bits per heavy atom. The van der Waals surface area contributed by atoms with Crippen LogP contribution in [0.1, 0.15) is 38.1 Å². The van der Waals surface area contributed by atoms with E-state index in [0.29, 0.717) is 29.3 Å². The topological polar surface area (TPSA) is 75.9 Å². The quantitative estimate of drug-likeness (QED) is 0.627.